The summed E-state index contributed by atoms with van der Waals surface area (Å²) in [5, 5.41) is 11.0. The number of benzene rings is 2. The number of hydrogen-bond acceptors (Lipinski definition) is 1. The van der Waals surface area contributed by atoms with Gasteiger partial charge in [-0.2, -0.15) is 0 Å². The minimum atomic E-state index is -0.795. The van der Waals surface area contributed by atoms with E-state index in [0.29, 0.717) is 10.6 Å². The molecule has 1 nitrogen and oxygen atoms in total. The van der Waals surface area contributed by atoms with Crippen LogP contribution in [0.3, 0.4) is 0 Å². The van der Waals surface area contributed by atoms with Crippen molar-refractivity contribution >= 4 is 34.2 Å². The molecule has 0 aromatic heterocycles. The summed E-state index contributed by atoms with van der Waals surface area (Å²) in [6, 6.07) is 9.72. The number of hydrogen-bond donors (Lipinski definition) is 1. The van der Waals surface area contributed by atoms with E-state index in [-0.39, 0.29) is 5.82 Å². The van der Waals surface area contributed by atoms with Crippen LogP contribution < -0.4 is 0 Å². The van der Waals surface area contributed by atoms with E-state index in [0.717, 1.165) is 14.7 Å². The molecule has 4 heteroatoms. The van der Waals surface area contributed by atoms with Gasteiger partial charge in [-0.15, -0.1) is 0 Å². The Hall–Kier alpha value is -0.650. The summed E-state index contributed by atoms with van der Waals surface area (Å²) < 4.78 is 14.0. The number of aliphatic hydroxyl groups excluding tert-OH is 1. The Labute approximate surface area is 124 Å². The Balaban J connectivity index is 2.47. The van der Waals surface area contributed by atoms with Crippen LogP contribution in [0.4, 0.5) is 4.39 Å². The van der Waals surface area contributed by atoms with Crippen LogP contribution >= 0.6 is 34.2 Å². The second-order valence-electron chi connectivity index (χ2n) is 4.07. The third kappa shape index (κ3) is 2.84. The van der Waals surface area contributed by atoms with Crippen LogP contribution in [0, 0.1) is 16.3 Å². The molecular weight excluding hydrogens is 366 g/mol. The van der Waals surface area contributed by atoms with Crippen molar-refractivity contribution in [2.24, 2.45) is 0 Å². The molecule has 2 rings (SSSR count). The van der Waals surface area contributed by atoms with Crippen molar-refractivity contribution in [2.75, 3.05) is 0 Å². The Kier molecular flexibility index (Phi) is 4.25. The average molecular weight is 377 g/mol. The van der Waals surface area contributed by atoms with E-state index in [1.54, 1.807) is 25.1 Å². The minimum Gasteiger partial charge on any atom is -0.384 e. The lowest BCUT2D eigenvalue weighted by molar-refractivity contribution is 0.218. The quantitative estimate of drug-likeness (QED) is 0.767. The summed E-state index contributed by atoms with van der Waals surface area (Å²) in [5.74, 6) is -0.302. The lowest BCUT2D eigenvalue weighted by Crippen LogP contribution is -2.04. The standard InChI is InChI=1S/C14H11ClFIO/c1-8-6-10(16)3-4-11(8)14(18)12-7-9(15)2-5-13(12)17/h2-7,14,18H,1H3. The van der Waals surface area contributed by atoms with Gasteiger partial charge in [-0.05, 0) is 76.5 Å². The molecule has 0 bridgehead atoms. The zero-order chi connectivity index (χ0) is 13.3. The fourth-order valence-electron chi connectivity index (χ4n) is 1.84. The first kappa shape index (κ1) is 13.8. The number of aliphatic hydroxyl groups is 1. The SMILES string of the molecule is Cc1cc(F)ccc1C(O)c1cc(Cl)ccc1I. The second kappa shape index (κ2) is 5.55. The maximum Gasteiger partial charge on any atom is 0.123 e. The van der Waals surface area contributed by atoms with Crippen molar-refractivity contribution in [1.82, 2.24) is 0 Å². The van der Waals surface area contributed by atoms with Crippen molar-refractivity contribution < 1.29 is 9.50 Å². The average Bonchev–Trinajstić information content (AvgIpc) is 2.31. The highest BCUT2D eigenvalue weighted by Gasteiger charge is 2.16. The summed E-state index contributed by atoms with van der Waals surface area (Å²) in [6.07, 6.45) is -0.795. The zero-order valence-corrected chi connectivity index (χ0v) is 12.5. The highest BCUT2D eigenvalue weighted by molar-refractivity contribution is 14.1. The van der Waals surface area contributed by atoms with E-state index in [9.17, 15) is 9.50 Å². The van der Waals surface area contributed by atoms with Crippen molar-refractivity contribution in [2.45, 2.75) is 13.0 Å². The Morgan fingerprint density at radius 2 is 1.89 bits per heavy atom. The second-order valence-corrected chi connectivity index (χ2v) is 5.67. The topological polar surface area (TPSA) is 20.2 Å². The molecule has 0 aliphatic heterocycles. The summed E-state index contributed by atoms with van der Waals surface area (Å²) >= 11 is 8.08. The summed E-state index contributed by atoms with van der Waals surface area (Å²) in [4.78, 5) is 0. The molecule has 0 heterocycles. The number of halogens is 3. The van der Waals surface area contributed by atoms with Gasteiger partial charge < -0.3 is 5.11 Å². The van der Waals surface area contributed by atoms with E-state index >= 15 is 0 Å². The lowest BCUT2D eigenvalue weighted by atomic mass is 9.97. The normalized spacial score (nSPS) is 12.5. The van der Waals surface area contributed by atoms with Crippen LogP contribution in [0.15, 0.2) is 36.4 Å². The van der Waals surface area contributed by atoms with Gasteiger partial charge in [0.05, 0.1) is 0 Å². The molecule has 1 N–H and O–H groups in total. The summed E-state index contributed by atoms with van der Waals surface area (Å²) in [5.41, 5.74) is 2.15. The first-order valence-electron chi connectivity index (χ1n) is 5.38. The van der Waals surface area contributed by atoms with Crippen molar-refractivity contribution in [1.29, 1.82) is 0 Å². The molecule has 0 amide bonds. The van der Waals surface area contributed by atoms with Gasteiger partial charge in [-0.3, -0.25) is 0 Å². The van der Waals surface area contributed by atoms with Gasteiger partial charge in [0.1, 0.15) is 11.9 Å². The van der Waals surface area contributed by atoms with E-state index in [1.807, 2.05) is 6.07 Å². The van der Waals surface area contributed by atoms with E-state index in [2.05, 4.69) is 22.6 Å². The molecule has 2 aromatic carbocycles. The van der Waals surface area contributed by atoms with E-state index in [1.165, 1.54) is 12.1 Å². The highest BCUT2D eigenvalue weighted by Crippen LogP contribution is 2.30. The highest BCUT2D eigenvalue weighted by atomic mass is 127. The monoisotopic (exact) mass is 376 g/mol. The first-order valence-corrected chi connectivity index (χ1v) is 6.84. The van der Waals surface area contributed by atoms with Crippen molar-refractivity contribution in [3.63, 3.8) is 0 Å². The minimum absolute atomic E-state index is 0.302. The zero-order valence-electron chi connectivity index (χ0n) is 9.62. The van der Waals surface area contributed by atoms with E-state index in [4.69, 9.17) is 11.6 Å². The van der Waals surface area contributed by atoms with Crippen LogP contribution in [-0.2, 0) is 0 Å². The lowest BCUT2D eigenvalue weighted by Gasteiger charge is -2.16. The molecule has 0 fully saturated rings. The molecule has 0 saturated heterocycles. The van der Waals surface area contributed by atoms with Crippen molar-refractivity contribution in [3.05, 3.63) is 67.5 Å². The fraction of sp³-hybridized carbons (Fsp3) is 0.143. The molecule has 1 unspecified atom stereocenters. The first-order chi connectivity index (χ1) is 8.49. The van der Waals surface area contributed by atoms with Crippen LogP contribution in [0.1, 0.15) is 22.8 Å². The maximum absolute atomic E-state index is 13.1. The summed E-state index contributed by atoms with van der Waals surface area (Å²) in [7, 11) is 0. The predicted octanol–water partition coefficient (Wildman–Crippen LogP) is 4.47. The number of aryl methyl sites for hydroxylation is 1. The molecule has 0 radical (unpaired) electrons. The molecule has 0 aliphatic rings. The summed E-state index contributed by atoms with van der Waals surface area (Å²) in [6.45, 7) is 1.78. The van der Waals surface area contributed by atoms with Crippen LogP contribution in [0.2, 0.25) is 5.02 Å². The molecule has 18 heavy (non-hydrogen) atoms. The van der Waals surface area contributed by atoms with Gasteiger partial charge >= 0.3 is 0 Å². The van der Waals surface area contributed by atoms with Crippen LogP contribution in [-0.4, -0.2) is 5.11 Å². The largest absolute Gasteiger partial charge is 0.384 e. The Bertz CT molecular complexity index is 586. The smallest absolute Gasteiger partial charge is 0.123 e. The maximum atomic E-state index is 13.1. The molecule has 2 aromatic rings. The van der Waals surface area contributed by atoms with Gasteiger partial charge in [0.2, 0.25) is 0 Å². The molecule has 94 valence electrons. The fourth-order valence-corrected chi connectivity index (χ4v) is 2.65. The molecule has 0 saturated carbocycles. The van der Waals surface area contributed by atoms with E-state index < -0.39 is 6.10 Å². The van der Waals surface area contributed by atoms with Crippen molar-refractivity contribution in [3.8, 4) is 0 Å². The van der Waals surface area contributed by atoms with Crippen LogP contribution in [0.25, 0.3) is 0 Å². The molecular formula is C14H11ClFIO. The van der Waals surface area contributed by atoms with Gasteiger partial charge in [0, 0.05) is 8.59 Å². The molecule has 1 atom stereocenters. The van der Waals surface area contributed by atoms with Gasteiger partial charge in [0.15, 0.2) is 0 Å². The van der Waals surface area contributed by atoms with Gasteiger partial charge in [-0.1, -0.05) is 17.7 Å². The van der Waals surface area contributed by atoms with Gasteiger partial charge in [0.25, 0.3) is 0 Å². The van der Waals surface area contributed by atoms with Gasteiger partial charge in [-0.25, -0.2) is 4.39 Å². The molecule has 0 aliphatic carbocycles. The number of rotatable bonds is 2. The van der Waals surface area contributed by atoms with Crippen LogP contribution in [0.5, 0.6) is 0 Å². The third-order valence-electron chi connectivity index (χ3n) is 2.78. The Morgan fingerprint density at radius 3 is 2.56 bits per heavy atom. The predicted molar refractivity (Wildman–Crippen MR) is 79.4 cm³/mol. The molecule has 0 spiro atoms. The third-order valence-corrected chi connectivity index (χ3v) is 4.00. The Morgan fingerprint density at radius 1 is 1.17 bits per heavy atom.